The van der Waals surface area contributed by atoms with Gasteiger partial charge in [-0.25, -0.2) is 4.79 Å². The van der Waals surface area contributed by atoms with Gasteiger partial charge in [-0.15, -0.1) is 5.06 Å². The van der Waals surface area contributed by atoms with Crippen LogP contribution in [0.2, 0.25) is 0 Å². The largest absolute Gasteiger partial charge is 0.466 e. The molecular formula is C36H42F2N2O9. The van der Waals surface area contributed by atoms with Crippen molar-refractivity contribution < 1.29 is 52.2 Å². The SMILES string of the molecule is CCOC(=O)CCCCCCN1C(=O)CC[C@@H]1/C=C/[C@@H](OC(=O)Cc1ccc(C(=O)ON2C(=O)CCC2O)cc1)C(F)(F)c1ccccc1. The Hall–Kier alpha value is -4.65. The minimum absolute atomic E-state index is 0.0486. The van der Waals surface area contributed by atoms with Gasteiger partial charge < -0.3 is 24.3 Å². The maximum atomic E-state index is 15.8. The highest BCUT2D eigenvalue weighted by molar-refractivity contribution is 5.91. The zero-order chi connectivity index (χ0) is 35.4. The molecule has 2 aliphatic heterocycles. The topological polar surface area (TPSA) is 140 Å². The molecule has 1 N–H and O–H groups in total. The summed E-state index contributed by atoms with van der Waals surface area (Å²) in [5.74, 6) is -6.26. The summed E-state index contributed by atoms with van der Waals surface area (Å²) in [6.07, 6.45) is 3.27. The van der Waals surface area contributed by atoms with Crippen LogP contribution in [0.3, 0.4) is 0 Å². The fraction of sp³-hybridized carbons (Fsp3) is 0.472. The Labute approximate surface area is 283 Å². The van der Waals surface area contributed by atoms with Crippen molar-refractivity contribution in [1.29, 1.82) is 0 Å². The Kier molecular flexibility index (Phi) is 13.4. The summed E-state index contributed by atoms with van der Waals surface area (Å²) in [5.41, 5.74) is 0.0799. The van der Waals surface area contributed by atoms with Crippen LogP contribution in [0, 0.1) is 0 Å². The van der Waals surface area contributed by atoms with Gasteiger partial charge >= 0.3 is 23.8 Å². The number of aliphatic hydroxyl groups excluding tert-OH is 1. The number of rotatable bonds is 17. The Morgan fingerprint density at radius 1 is 0.939 bits per heavy atom. The van der Waals surface area contributed by atoms with Crippen molar-refractivity contribution in [3.05, 3.63) is 83.4 Å². The maximum absolute atomic E-state index is 15.8. The molecule has 0 saturated carbocycles. The Morgan fingerprint density at radius 2 is 1.63 bits per heavy atom. The van der Waals surface area contributed by atoms with Crippen molar-refractivity contribution in [3.8, 4) is 0 Å². The van der Waals surface area contributed by atoms with E-state index in [0.717, 1.165) is 18.9 Å². The molecule has 3 atom stereocenters. The van der Waals surface area contributed by atoms with E-state index in [4.69, 9.17) is 14.3 Å². The fourth-order valence-electron chi connectivity index (χ4n) is 5.68. The molecule has 13 heteroatoms. The maximum Gasteiger partial charge on any atom is 0.363 e. The number of amides is 2. The molecule has 2 fully saturated rings. The molecule has 0 spiro atoms. The lowest BCUT2D eigenvalue weighted by molar-refractivity contribution is -0.191. The molecule has 0 bridgehead atoms. The van der Waals surface area contributed by atoms with E-state index >= 15 is 8.78 Å². The lowest BCUT2D eigenvalue weighted by Crippen LogP contribution is -2.36. The van der Waals surface area contributed by atoms with Crippen LogP contribution in [0.15, 0.2) is 66.7 Å². The highest BCUT2D eigenvalue weighted by Gasteiger charge is 2.43. The molecular weight excluding hydrogens is 642 g/mol. The highest BCUT2D eigenvalue weighted by Crippen LogP contribution is 2.35. The Morgan fingerprint density at radius 3 is 2.31 bits per heavy atom. The molecule has 2 aromatic carbocycles. The summed E-state index contributed by atoms with van der Waals surface area (Å²) >= 11 is 0. The molecule has 0 aliphatic carbocycles. The van der Waals surface area contributed by atoms with Gasteiger partial charge in [0.15, 0.2) is 12.3 Å². The van der Waals surface area contributed by atoms with E-state index < -0.39 is 42.1 Å². The van der Waals surface area contributed by atoms with Crippen LogP contribution in [0.5, 0.6) is 0 Å². The predicted molar refractivity (Wildman–Crippen MR) is 171 cm³/mol. The molecule has 0 radical (unpaired) electrons. The summed E-state index contributed by atoms with van der Waals surface area (Å²) in [7, 11) is 0. The number of benzene rings is 2. The standard InChI is InChI=1S/C36H42F2N2O9/c1-2-47-33(44)12-8-3-4-9-23-39-28(18-20-30(39)41)17-19-29(36(37,38)27-10-6-5-7-11-27)48-34(45)24-25-13-15-26(16-14-25)35(46)49-40-31(42)21-22-32(40)43/h5-7,10-11,13-17,19,28-29,31,42H,2-4,8-9,12,18,20-24H2,1H3/b19-17+/t28-,29+,31?/m0/s1. The lowest BCUT2D eigenvalue weighted by atomic mass is 10.0. The molecule has 2 aromatic rings. The van der Waals surface area contributed by atoms with Crippen LogP contribution in [-0.2, 0) is 45.8 Å². The van der Waals surface area contributed by atoms with Gasteiger partial charge in [0.2, 0.25) is 5.91 Å². The lowest BCUT2D eigenvalue weighted by Gasteiger charge is -2.27. The number of hydrogen-bond acceptors (Lipinski definition) is 9. The van der Waals surface area contributed by atoms with Gasteiger partial charge in [0.05, 0.1) is 24.6 Å². The van der Waals surface area contributed by atoms with Crippen LogP contribution < -0.4 is 0 Å². The number of carbonyl (C=O) groups is 5. The normalized spacial score (nSPS) is 18.6. The smallest absolute Gasteiger partial charge is 0.363 e. The van der Waals surface area contributed by atoms with Crippen molar-refractivity contribution in [1.82, 2.24) is 9.96 Å². The van der Waals surface area contributed by atoms with Crippen LogP contribution in [0.4, 0.5) is 8.78 Å². The number of likely N-dealkylation sites (tertiary alicyclic amines) is 1. The number of alkyl halides is 2. The van der Waals surface area contributed by atoms with Gasteiger partial charge in [-0.1, -0.05) is 61.4 Å². The number of ether oxygens (including phenoxy) is 2. The molecule has 0 aromatic heterocycles. The van der Waals surface area contributed by atoms with E-state index in [1.807, 2.05) is 0 Å². The number of carbonyl (C=O) groups excluding carboxylic acids is 5. The monoisotopic (exact) mass is 684 g/mol. The molecule has 264 valence electrons. The number of esters is 2. The predicted octanol–water partition coefficient (Wildman–Crippen LogP) is 5.01. The molecule has 11 nitrogen and oxygen atoms in total. The third kappa shape index (κ3) is 10.4. The first-order valence-corrected chi connectivity index (χ1v) is 16.6. The van der Waals surface area contributed by atoms with Gasteiger partial charge in [-0.05, 0) is 50.0 Å². The molecule has 2 aliphatic rings. The van der Waals surface area contributed by atoms with Crippen molar-refractivity contribution in [2.75, 3.05) is 13.2 Å². The summed E-state index contributed by atoms with van der Waals surface area (Å²) in [6, 6.07) is 12.1. The minimum atomic E-state index is -3.59. The van der Waals surface area contributed by atoms with E-state index in [-0.39, 0.29) is 48.7 Å². The molecule has 1 unspecified atom stereocenters. The average Bonchev–Trinajstić information content (AvgIpc) is 3.60. The van der Waals surface area contributed by atoms with Crippen LogP contribution in [-0.4, -0.2) is 76.3 Å². The second kappa shape index (κ2) is 17.7. The second-order valence-corrected chi connectivity index (χ2v) is 11.9. The summed E-state index contributed by atoms with van der Waals surface area (Å²) in [5, 5.41) is 10.4. The third-order valence-corrected chi connectivity index (χ3v) is 8.34. The molecule has 49 heavy (non-hydrogen) atoms. The quantitative estimate of drug-likeness (QED) is 0.138. The summed E-state index contributed by atoms with van der Waals surface area (Å²) in [6.45, 7) is 2.53. The summed E-state index contributed by atoms with van der Waals surface area (Å²) in [4.78, 5) is 68.0. The van der Waals surface area contributed by atoms with Crippen molar-refractivity contribution in [2.24, 2.45) is 0 Å². The number of unbranched alkanes of at least 4 members (excludes halogenated alkanes) is 3. The van der Waals surface area contributed by atoms with E-state index in [0.29, 0.717) is 49.5 Å². The first-order chi connectivity index (χ1) is 23.5. The van der Waals surface area contributed by atoms with E-state index in [2.05, 4.69) is 0 Å². The van der Waals surface area contributed by atoms with Gasteiger partial charge in [0, 0.05) is 37.8 Å². The third-order valence-electron chi connectivity index (χ3n) is 8.34. The number of hydrogen-bond donors (Lipinski definition) is 1. The first kappa shape index (κ1) is 37.2. The van der Waals surface area contributed by atoms with Crippen molar-refractivity contribution in [3.63, 3.8) is 0 Å². The molecule has 2 heterocycles. The van der Waals surface area contributed by atoms with Crippen LogP contribution in [0.1, 0.15) is 86.2 Å². The molecule has 4 rings (SSSR count). The van der Waals surface area contributed by atoms with Crippen LogP contribution >= 0.6 is 0 Å². The number of hydroxylamine groups is 2. The van der Waals surface area contributed by atoms with Gasteiger partial charge in [0.1, 0.15) is 0 Å². The number of halogens is 2. The van der Waals surface area contributed by atoms with Crippen molar-refractivity contribution in [2.45, 2.75) is 95.4 Å². The van der Waals surface area contributed by atoms with Gasteiger partial charge in [-0.3, -0.25) is 19.2 Å². The summed E-state index contributed by atoms with van der Waals surface area (Å²) < 4.78 is 41.9. The minimum Gasteiger partial charge on any atom is -0.466 e. The number of nitrogens with zero attached hydrogens (tertiary/aromatic N) is 2. The fourth-order valence-corrected chi connectivity index (χ4v) is 5.68. The molecule has 2 saturated heterocycles. The number of aliphatic hydroxyl groups is 1. The zero-order valence-electron chi connectivity index (χ0n) is 27.4. The van der Waals surface area contributed by atoms with E-state index in [1.165, 1.54) is 54.6 Å². The molecule has 2 amide bonds. The zero-order valence-corrected chi connectivity index (χ0v) is 27.4. The van der Waals surface area contributed by atoms with Gasteiger partial charge in [0.25, 0.3) is 5.91 Å². The van der Waals surface area contributed by atoms with Crippen LogP contribution in [0.25, 0.3) is 0 Å². The first-order valence-electron chi connectivity index (χ1n) is 16.6. The van der Waals surface area contributed by atoms with E-state index in [9.17, 15) is 29.1 Å². The van der Waals surface area contributed by atoms with E-state index in [1.54, 1.807) is 17.9 Å². The van der Waals surface area contributed by atoms with Gasteiger partial charge in [-0.2, -0.15) is 8.78 Å². The Bertz CT molecular complexity index is 1480. The Balaban J connectivity index is 1.38. The second-order valence-electron chi connectivity index (χ2n) is 11.9. The average molecular weight is 685 g/mol. The highest BCUT2D eigenvalue weighted by atomic mass is 19.3. The van der Waals surface area contributed by atoms with Crippen molar-refractivity contribution >= 4 is 29.7 Å².